The van der Waals surface area contributed by atoms with Gasteiger partial charge in [0.1, 0.15) is 5.75 Å². The Morgan fingerprint density at radius 2 is 1.80 bits per heavy atom. The second-order valence-corrected chi connectivity index (χ2v) is 5.43. The molecule has 126 valence electrons. The molecule has 0 fully saturated rings. The van der Waals surface area contributed by atoms with E-state index in [0.29, 0.717) is 11.4 Å². The SMILES string of the molecule is COc1cccc(NC(=O)N[C@@H](c2ccccc2)c2ccccn2)c1. The fourth-order valence-electron chi connectivity index (χ4n) is 2.52. The maximum atomic E-state index is 12.5. The van der Waals surface area contributed by atoms with Gasteiger partial charge in [0.2, 0.25) is 0 Å². The van der Waals surface area contributed by atoms with Crippen molar-refractivity contribution < 1.29 is 9.53 Å². The summed E-state index contributed by atoms with van der Waals surface area (Å²) in [6.45, 7) is 0. The van der Waals surface area contributed by atoms with E-state index in [-0.39, 0.29) is 12.1 Å². The van der Waals surface area contributed by atoms with Crippen LogP contribution >= 0.6 is 0 Å². The molecule has 5 heteroatoms. The van der Waals surface area contributed by atoms with Crippen LogP contribution in [0.3, 0.4) is 0 Å². The Kier molecular flexibility index (Phi) is 5.26. The number of rotatable bonds is 5. The van der Waals surface area contributed by atoms with Crippen molar-refractivity contribution in [1.82, 2.24) is 10.3 Å². The summed E-state index contributed by atoms with van der Waals surface area (Å²) in [4.78, 5) is 16.9. The van der Waals surface area contributed by atoms with Gasteiger partial charge in [0.25, 0.3) is 0 Å². The van der Waals surface area contributed by atoms with Gasteiger partial charge in [0.05, 0.1) is 18.8 Å². The maximum absolute atomic E-state index is 12.5. The minimum atomic E-state index is -0.340. The number of benzene rings is 2. The van der Waals surface area contributed by atoms with E-state index in [1.165, 1.54) is 0 Å². The van der Waals surface area contributed by atoms with Crippen molar-refractivity contribution in [3.63, 3.8) is 0 Å². The smallest absolute Gasteiger partial charge is 0.320 e. The molecule has 0 unspecified atom stereocenters. The van der Waals surface area contributed by atoms with Gasteiger partial charge in [-0.25, -0.2) is 4.79 Å². The summed E-state index contributed by atoms with van der Waals surface area (Å²) < 4.78 is 5.17. The number of hydrogen-bond acceptors (Lipinski definition) is 3. The topological polar surface area (TPSA) is 63.2 Å². The van der Waals surface area contributed by atoms with Gasteiger partial charge in [-0.2, -0.15) is 0 Å². The number of pyridine rings is 1. The molecule has 0 aliphatic rings. The van der Waals surface area contributed by atoms with Crippen molar-refractivity contribution in [1.29, 1.82) is 0 Å². The van der Waals surface area contributed by atoms with Crippen molar-refractivity contribution in [2.24, 2.45) is 0 Å². The number of hydrogen-bond donors (Lipinski definition) is 2. The number of aromatic nitrogens is 1. The molecular formula is C20H19N3O2. The first-order chi connectivity index (χ1) is 12.3. The predicted octanol–water partition coefficient (Wildman–Crippen LogP) is 4.00. The molecule has 2 amide bonds. The molecule has 0 aliphatic heterocycles. The normalized spacial score (nSPS) is 11.4. The molecular weight excluding hydrogens is 314 g/mol. The van der Waals surface area contributed by atoms with Gasteiger partial charge in [-0.15, -0.1) is 0 Å². The average Bonchev–Trinajstić information content (AvgIpc) is 2.67. The molecule has 2 aromatic carbocycles. The highest BCUT2D eigenvalue weighted by Gasteiger charge is 2.17. The van der Waals surface area contributed by atoms with Gasteiger partial charge in [-0.3, -0.25) is 4.98 Å². The zero-order valence-corrected chi connectivity index (χ0v) is 13.8. The number of carbonyl (C=O) groups is 1. The molecule has 5 nitrogen and oxygen atoms in total. The number of anilines is 1. The minimum absolute atomic E-state index is 0.312. The molecule has 0 aliphatic carbocycles. The zero-order chi connectivity index (χ0) is 17.5. The molecule has 1 atom stereocenters. The van der Waals surface area contributed by atoms with Gasteiger partial charge < -0.3 is 15.4 Å². The van der Waals surface area contributed by atoms with Gasteiger partial charge in [-0.05, 0) is 29.8 Å². The van der Waals surface area contributed by atoms with E-state index in [2.05, 4.69) is 15.6 Å². The molecule has 0 bridgehead atoms. The second kappa shape index (κ2) is 7.97. The van der Waals surface area contributed by atoms with Crippen molar-refractivity contribution in [3.05, 3.63) is 90.3 Å². The van der Waals surface area contributed by atoms with Crippen LogP contribution in [0.25, 0.3) is 0 Å². The molecule has 0 saturated heterocycles. The first-order valence-electron chi connectivity index (χ1n) is 7.94. The highest BCUT2D eigenvalue weighted by molar-refractivity contribution is 5.90. The van der Waals surface area contributed by atoms with Crippen molar-refractivity contribution in [2.75, 3.05) is 12.4 Å². The number of nitrogens with one attached hydrogen (secondary N) is 2. The van der Waals surface area contributed by atoms with Gasteiger partial charge in [0.15, 0.2) is 0 Å². The van der Waals surface area contributed by atoms with Crippen LogP contribution in [0.15, 0.2) is 79.0 Å². The van der Waals surface area contributed by atoms with E-state index >= 15 is 0 Å². The summed E-state index contributed by atoms with van der Waals surface area (Å²) in [7, 11) is 1.59. The number of ether oxygens (including phenoxy) is 1. The van der Waals surface area contributed by atoms with E-state index in [0.717, 1.165) is 11.3 Å². The third kappa shape index (κ3) is 4.35. The molecule has 1 aromatic heterocycles. The summed E-state index contributed by atoms with van der Waals surface area (Å²) in [5.74, 6) is 0.683. The van der Waals surface area contributed by atoms with Gasteiger partial charge in [-0.1, -0.05) is 42.5 Å². The van der Waals surface area contributed by atoms with Crippen molar-refractivity contribution >= 4 is 11.7 Å². The van der Waals surface area contributed by atoms with Crippen LogP contribution < -0.4 is 15.4 Å². The van der Waals surface area contributed by atoms with Crippen molar-refractivity contribution in [2.45, 2.75) is 6.04 Å². The first-order valence-corrected chi connectivity index (χ1v) is 7.94. The van der Waals surface area contributed by atoms with Crippen LogP contribution in [0.4, 0.5) is 10.5 Å². The first kappa shape index (κ1) is 16.5. The number of carbonyl (C=O) groups excluding carboxylic acids is 1. The Hall–Kier alpha value is -3.34. The Bertz CT molecular complexity index is 783. The Balaban J connectivity index is 1.79. The maximum Gasteiger partial charge on any atom is 0.320 e. The molecule has 2 N–H and O–H groups in total. The van der Waals surface area contributed by atoms with Crippen LogP contribution in [0.2, 0.25) is 0 Å². The lowest BCUT2D eigenvalue weighted by Gasteiger charge is -2.19. The van der Waals surface area contributed by atoms with E-state index in [1.807, 2.05) is 60.7 Å². The summed E-state index contributed by atoms with van der Waals surface area (Å²) >= 11 is 0. The third-order valence-corrected chi connectivity index (χ3v) is 3.72. The molecule has 0 saturated carbocycles. The van der Waals surface area contributed by atoms with Crippen LogP contribution in [0, 0.1) is 0 Å². The average molecular weight is 333 g/mol. The lowest BCUT2D eigenvalue weighted by atomic mass is 10.0. The summed E-state index contributed by atoms with van der Waals surface area (Å²) in [6, 6.07) is 21.9. The van der Waals surface area contributed by atoms with Crippen LogP contribution in [-0.2, 0) is 0 Å². The second-order valence-electron chi connectivity index (χ2n) is 5.43. The summed E-state index contributed by atoms with van der Waals surface area (Å²) in [5.41, 5.74) is 2.39. The van der Waals surface area contributed by atoms with Crippen LogP contribution in [0.5, 0.6) is 5.75 Å². The Labute approximate surface area is 146 Å². The zero-order valence-electron chi connectivity index (χ0n) is 13.8. The number of nitrogens with zero attached hydrogens (tertiary/aromatic N) is 1. The molecule has 1 heterocycles. The molecule has 0 spiro atoms. The highest BCUT2D eigenvalue weighted by Crippen LogP contribution is 2.21. The monoisotopic (exact) mass is 333 g/mol. The quantitative estimate of drug-likeness (QED) is 0.742. The third-order valence-electron chi connectivity index (χ3n) is 3.72. The molecule has 0 radical (unpaired) electrons. The largest absolute Gasteiger partial charge is 0.497 e. The van der Waals surface area contributed by atoms with Crippen LogP contribution in [-0.4, -0.2) is 18.1 Å². The minimum Gasteiger partial charge on any atom is -0.497 e. The number of urea groups is 1. The Morgan fingerprint density at radius 1 is 1.00 bits per heavy atom. The van der Waals surface area contributed by atoms with E-state index in [9.17, 15) is 4.79 Å². The molecule has 3 rings (SSSR count). The number of amides is 2. The summed E-state index contributed by atoms with van der Waals surface area (Å²) in [6.07, 6.45) is 1.72. The van der Waals surface area contributed by atoms with E-state index < -0.39 is 0 Å². The standard InChI is InChI=1S/C20H19N3O2/c1-25-17-11-7-10-16(14-17)22-20(24)23-19(15-8-3-2-4-9-15)18-12-5-6-13-21-18/h2-14,19H,1H3,(H2,22,23,24)/t19-/m0/s1. The molecule has 25 heavy (non-hydrogen) atoms. The van der Waals surface area contributed by atoms with Crippen molar-refractivity contribution in [3.8, 4) is 5.75 Å². The highest BCUT2D eigenvalue weighted by atomic mass is 16.5. The predicted molar refractivity (Wildman–Crippen MR) is 97.7 cm³/mol. The van der Waals surface area contributed by atoms with Crippen LogP contribution in [0.1, 0.15) is 17.3 Å². The Morgan fingerprint density at radius 3 is 2.52 bits per heavy atom. The fourth-order valence-corrected chi connectivity index (χ4v) is 2.52. The number of methoxy groups -OCH3 is 1. The lowest BCUT2D eigenvalue weighted by molar-refractivity contribution is 0.250. The van der Waals surface area contributed by atoms with Gasteiger partial charge in [0, 0.05) is 18.0 Å². The lowest BCUT2D eigenvalue weighted by Crippen LogP contribution is -2.33. The fraction of sp³-hybridized carbons (Fsp3) is 0.100. The molecule has 3 aromatic rings. The van der Waals surface area contributed by atoms with E-state index in [1.54, 1.807) is 25.4 Å². The summed E-state index contributed by atoms with van der Waals surface area (Å²) in [5, 5.41) is 5.81. The van der Waals surface area contributed by atoms with E-state index in [4.69, 9.17) is 4.74 Å². The van der Waals surface area contributed by atoms with Gasteiger partial charge >= 0.3 is 6.03 Å².